The van der Waals surface area contributed by atoms with E-state index >= 15 is 0 Å². The molecule has 1 rings (SSSR count). The zero-order valence-corrected chi connectivity index (χ0v) is 7.76. The van der Waals surface area contributed by atoms with Gasteiger partial charge in [-0.1, -0.05) is 34.1 Å². The second-order valence-corrected chi connectivity index (χ2v) is 3.16. The molecule has 3 heteroatoms. The van der Waals surface area contributed by atoms with E-state index in [0.717, 1.165) is 16.1 Å². The summed E-state index contributed by atoms with van der Waals surface area (Å²) in [6, 6.07) is 7.15. The predicted molar refractivity (Wildman–Crippen MR) is 49.2 cm³/mol. The lowest BCUT2D eigenvalue weighted by atomic mass is 10.2. The van der Waals surface area contributed by atoms with Gasteiger partial charge in [0.25, 0.3) is 6.43 Å². The van der Waals surface area contributed by atoms with E-state index in [1.54, 1.807) is 12.1 Å². The van der Waals surface area contributed by atoms with E-state index < -0.39 is 6.43 Å². The van der Waals surface area contributed by atoms with Crippen LogP contribution in [-0.2, 0) is 0 Å². The van der Waals surface area contributed by atoms with Crippen LogP contribution >= 0.6 is 15.9 Å². The van der Waals surface area contributed by atoms with Crippen LogP contribution in [0.25, 0.3) is 6.08 Å². The molecule has 0 aliphatic heterocycles. The molecule has 0 nitrogen and oxygen atoms in total. The molecule has 0 aliphatic carbocycles. The number of benzene rings is 1. The van der Waals surface area contributed by atoms with Gasteiger partial charge in [0.1, 0.15) is 0 Å². The largest absolute Gasteiger partial charge is 0.257 e. The van der Waals surface area contributed by atoms with Gasteiger partial charge >= 0.3 is 0 Å². The van der Waals surface area contributed by atoms with Crippen molar-refractivity contribution in [2.45, 2.75) is 6.43 Å². The third-order valence-corrected chi connectivity index (χ3v) is 1.83. The van der Waals surface area contributed by atoms with Gasteiger partial charge in [-0.2, -0.15) is 0 Å². The number of rotatable bonds is 2. The van der Waals surface area contributed by atoms with Crippen molar-refractivity contribution < 1.29 is 8.78 Å². The molecular weight excluding hydrogens is 226 g/mol. The molecule has 64 valence electrons. The van der Waals surface area contributed by atoms with Crippen molar-refractivity contribution in [1.82, 2.24) is 0 Å². The minimum Gasteiger partial charge on any atom is -0.206 e. The Bertz CT molecular complexity index is 264. The second-order valence-electron chi connectivity index (χ2n) is 2.25. The van der Waals surface area contributed by atoms with Crippen molar-refractivity contribution in [3.05, 3.63) is 40.4 Å². The maximum Gasteiger partial charge on any atom is 0.257 e. The number of allylic oxidation sites excluding steroid dienone is 1. The summed E-state index contributed by atoms with van der Waals surface area (Å²) < 4.78 is 24.3. The Labute approximate surface area is 78.0 Å². The summed E-state index contributed by atoms with van der Waals surface area (Å²) in [5.74, 6) is 0. The molecule has 1 aromatic rings. The zero-order valence-electron chi connectivity index (χ0n) is 6.18. The fourth-order valence-electron chi connectivity index (χ4n) is 0.758. The van der Waals surface area contributed by atoms with Crippen molar-refractivity contribution in [3.8, 4) is 0 Å². The lowest BCUT2D eigenvalue weighted by Gasteiger charge is -1.93. The van der Waals surface area contributed by atoms with Crippen molar-refractivity contribution in [3.63, 3.8) is 0 Å². The number of hydrogen-bond acceptors (Lipinski definition) is 0. The van der Waals surface area contributed by atoms with Gasteiger partial charge in [0.05, 0.1) is 0 Å². The Kier molecular flexibility index (Phi) is 3.41. The molecule has 1 aromatic carbocycles. The monoisotopic (exact) mass is 232 g/mol. The van der Waals surface area contributed by atoms with Gasteiger partial charge in [0.2, 0.25) is 0 Å². The maximum atomic E-state index is 11.7. The van der Waals surface area contributed by atoms with E-state index in [1.165, 1.54) is 6.08 Å². The summed E-state index contributed by atoms with van der Waals surface area (Å²) >= 11 is 3.25. The SMILES string of the molecule is FC(F)/C=C/c1ccc(Br)cc1. The second kappa shape index (κ2) is 4.36. The summed E-state index contributed by atoms with van der Waals surface area (Å²) in [7, 11) is 0. The Morgan fingerprint density at radius 3 is 2.25 bits per heavy atom. The first-order valence-electron chi connectivity index (χ1n) is 3.40. The third-order valence-electron chi connectivity index (χ3n) is 1.30. The van der Waals surface area contributed by atoms with Crippen LogP contribution in [0.15, 0.2) is 34.8 Å². The van der Waals surface area contributed by atoms with E-state index in [4.69, 9.17) is 0 Å². The smallest absolute Gasteiger partial charge is 0.206 e. The molecule has 0 fully saturated rings. The fraction of sp³-hybridized carbons (Fsp3) is 0.111. The Morgan fingerprint density at radius 1 is 1.17 bits per heavy atom. The maximum absolute atomic E-state index is 11.7. The highest BCUT2D eigenvalue weighted by Gasteiger charge is 1.93. The molecule has 0 N–H and O–H groups in total. The van der Waals surface area contributed by atoms with Gasteiger partial charge in [-0.05, 0) is 23.8 Å². The highest BCUT2D eigenvalue weighted by molar-refractivity contribution is 9.10. The Morgan fingerprint density at radius 2 is 1.75 bits per heavy atom. The summed E-state index contributed by atoms with van der Waals surface area (Å²) in [5.41, 5.74) is 0.776. The fourth-order valence-corrected chi connectivity index (χ4v) is 1.02. The Balaban J connectivity index is 2.71. The number of halogens is 3. The summed E-state index contributed by atoms with van der Waals surface area (Å²) in [6.45, 7) is 0. The van der Waals surface area contributed by atoms with E-state index in [-0.39, 0.29) is 0 Å². The summed E-state index contributed by atoms with van der Waals surface area (Å²) in [6.07, 6.45) is -0.117. The minimum atomic E-state index is -2.38. The molecule has 0 aromatic heterocycles. The van der Waals surface area contributed by atoms with Crippen LogP contribution in [0.4, 0.5) is 8.78 Å². The molecule has 0 saturated carbocycles. The van der Waals surface area contributed by atoms with E-state index in [2.05, 4.69) is 15.9 Å². The number of hydrogen-bond donors (Lipinski definition) is 0. The molecule has 0 radical (unpaired) electrons. The van der Waals surface area contributed by atoms with Crippen molar-refractivity contribution in [2.24, 2.45) is 0 Å². The predicted octanol–water partition coefficient (Wildman–Crippen LogP) is 3.73. The summed E-state index contributed by atoms with van der Waals surface area (Å²) in [5, 5.41) is 0. The molecule has 0 aliphatic rings. The lowest BCUT2D eigenvalue weighted by Crippen LogP contribution is -1.79. The zero-order chi connectivity index (χ0) is 8.97. The van der Waals surface area contributed by atoms with E-state index in [1.807, 2.05) is 12.1 Å². The molecule has 0 unspecified atom stereocenters. The van der Waals surface area contributed by atoms with Gasteiger partial charge in [-0.25, -0.2) is 8.78 Å². The molecule has 0 saturated heterocycles. The first-order valence-corrected chi connectivity index (χ1v) is 4.20. The topological polar surface area (TPSA) is 0 Å². The molecule has 12 heavy (non-hydrogen) atoms. The van der Waals surface area contributed by atoms with Crippen LogP contribution in [0.5, 0.6) is 0 Å². The highest BCUT2D eigenvalue weighted by atomic mass is 79.9. The van der Waals surface area contributed by atoms with Crippen molar-refractivity contribution >= 4 is 22.0 Å². The molecule has 0 atom stereocenters. The normalized spacial score (nSPS) is 11.3. The van der Waals surface area contributed by atoms with Crippen LogP contribution < -0.4 is 0 Å². The van der Waals surface area contributed by atoms with E-state index in [0.29, 0.717) is 0 Å². The van der Waals surface area contributed by atoms with Gasteiger partial charge < -0.3 is 0 Å². The first kappa shape index (κ1) is 9.39. The lowest BCUT2D eigenvalue weighted by molar-refractivity contribution is 0.205. The molecular formula is C9H7BrF2. The average Bonchev–Trinajstić information content (AvgIpc) is 2.03. The van der Waals surface area contributed by atoms with Gasteiger partial charge in [-0.3, -0.25) is 0 Å². The highest BCUT2D eigenvalue weighted by Crippen LogP contribution is 2.12. The average molecular weight is 233 g/mol. The van der Waals surface area contributed by atoms with Crippen LogP contribution in [-0.4, -0.2) is 6.43 Å². The van der Waals surface area contributed by atoms with Crippen LogP contribution in [0.3, 0.4) is 0 Å². The van der Waals surface area contributed by atoms with Crippen molar-refractivity contribution in [1.29, 1.82) is 0 Å². The Hall–Kier alpha value is -0.700. The van der Waals surface area contributed by atoms with Crippen LogP contribution in [0.2, 0.25) is 0 Å². The standard InChI is InChI=1S/C9H7BrF2/c10-8-4-1-7(2-5-8)3-6-9(11)12/h1-6,9H/b6-3+. The quantitative estimate of drug-likeness (QED) is 0.730. The third kappa shape index (κ3) is 3.13. The van der Waals surface area contributed by atoms with Gasteiger partial charge in [0, 0.05) is 4.47 Å². The van der Waals surface area contributed by atoms with Gasteiger partial charge in [-0.15, -0.1) is 0 Å². The van der Waals surface area contributed by atoms with Crippen LogP contribution in [0, 0.1) is 0 Å². The molecule has 0 amide bonds. The first-order chi connectivity index (χ1) is 5.68. The molecule has 0 bridgehead atoms. The molecule has 0 spiro atoms. The summed E-state index contributed by atoms with van der Waals surface area (Å²) in [4.78, 5) is 0. The molecule has 0 heterocycles. The van der Waals surface area contributed by atoms with Gasteiger partial charge in [0.15, 0.2) is 0 Å². The van der Waals surface area contributed by atoms with Crippen LogP contribution in [0.1, 0.15) is 5.56 Å². The van der Waals surface area contributed by atoms with Crippen molar-refractivity contribution in [2.75, 3.05) is 0 Å². The minimum absolute atomic E-state index is 0.776. The van der Waals surface area contributed by atoms with E-state index in [9.17, 15) is 8.78 Å². The number of alkyl halides is 2.